The van der Waals surface area contributed by atoms with E-state index < -0.39 is 31.0 Å². The van der Waals surface area contributed by atoms with E-state index in [1.165, 1.54) is 6.20 Å². The topological polar surface area (TPSA) is 112 Å². The van der Waals surface area contributed by atoms with E-state index in [1.54, 1.807) is 19.1 Å². The van der Waals surface area contributed by atoms with Gasteiger partial charge in [0.2, 0.25) is 5.91 Å². The fourth-order valence-electron chi connectivity index (χ4n) is 3.19. The molecule has 1 atom stereocenters. The highest BCUT2D eigenvalue weighted by molar-refractivity contribution is 6.03. The van der Waals surface area contributed by atoms with Crippen LogP contribution < -0.4 is 11.1 Å². The molecule has 0 saturated carbocycles. The number of nitrogen functional groups attached to an aromatic ring is 1. The zero-order valence-electron chi connectivity index (χ0n) is 15.3. The largest absolute Gasteiger partial charge is 0.453 e. The van der Waals surface area contributed by atoms with Gasteiger partial charge in [-0.2, -0.15) is 27.1 Å². The van der Waals surface area contributed by atoms with Gasteiger partial charge in [0.15, 0.2) is 11.5 Å². The van der Waals surface area contributed by atoms with Crippen LogP contribution in [0, 0.1) is 0 Å². The molecule has 3 aromatic rings. The van der Waals surface area contributed by atoms with Gasteiger partial charge in [-0.1, -0.05) is 0 Å². The van der Waals surface area contributed by atoms with Gasteiger partial charge >= 0.3 is 12.1 Å². The van der Waals surface area contributed by atoms with Crippen LogP contribution in [0.5, 0.6) is 0 Å². The number of nitrogens with one attached hydrogen (secondary N) is 1. The minimum Gasteiger partial charge on any atom is -0.383 e. The summed E-state index contributed by atoms with van der Waals surface area (Å²) in [5, 5.41) is 7.02. The number of carbonyl (C=O) groups excluding carboxylic acids is 1. The average Bonchev–Trinajstić information content (AvgIpc) is 3.17. The molecule has 0 aliphatic carbocycles. The molecule has 13 heteroatoms. The Morgan fingerprint density at radius 1 is 1.23 bits per heavy atom. The van der Waals surface area contributed by atoms with Crippen LogP contribution in [0.25, 0.3) is 22.6 Å². The lowest BCUT2D eigenvalue weighted by atomic mass is 10.1. The number of carbonyl (C=O) groups is 1. The molecule has 0 saturated heterocycles. The van der Waals surface area contributed by atoms with Gasteiger partial charge in [-0.3, -0.25) is 4.79 Å². The van der Waals surface area contributed by atoms with Gasteiger partial charge in [0.05, 0.1) is 11.3 Å². The number of nitrogens with two attached hydrogens (primary N) is 1. The van der Waals surface area contributed by atoms with Crippen molar-refractivity contribution in [3.63, 3.8) is 0 Å². The summed E-state index contributed by atoms with van der Waals surface area (Å²) in [6.45, 7) is 0.893. The van der Waals surface area contributed by atoms with Crippen LogP contribution in [-0.4, -0.2) is 42.7 Å². The summed E-state index contributed by atoms with van der Waals surface area (Å²) in [5.74, 6) is -5.51. The number of rotatable bonds is 4. The van der Waals surface area contributed by atoms with Crippen molar-refractivity contribution in [2.75, 3.05) is 11.1 Å². The zero-order chi connectivity index (χ0) is 21.8. The van der Waals surface area contributed by atoms with Gasteiger partial charge in [-0.25, -0.2) is 19.6 Å². The highest BCUT2D eigenvalue weighted by atomic mass is 19.4. The van der Waals surface area contributed by atoms with Crippen LogP contribution in [0.3, 0.4) is 0 Å². The molecule has 30 heavy (non-hydrogen) atoms. The Hall–Kier alpha value is -3.38. The normalized spacial score (nSPS) is 16.7. The average molecular weight is 427 g/mol. The molecule has 1 aliphatic rings. The SMILES string of the molecule is C[C@H]1C(=O)Nc2nc(-c3nn(CCC(F)(F)C(F)(F)F)c4ncccc34)nc(N)c21. The third-order valence-corrected chi connectivity index (χ3v) is 4.81. The van der Waals surface area contributed by atoms with E-state index in [2.05, 4.69) is 25.4 Å². The van der Waals surface area contributed by atoms with Crippen LogP contribution in [0.1, 0.15) is 24.8 Å². The van der Waals surface area contributed by atoms with E-state index in [0.29, 0.717) is 10.9 Å². The van der Waals surface area contributed by atoms with Crippen LogP contribution in [0.2, 0.25) is 0 Å². The number of fused-ring (bicyclic) bond motifs is 2. The summed E-state index contributed by atoms with van der Waals surface area (Å²) >= 11 is 0. The first-order valence-corrected chi connectivity index (χ1v) is 8.74. The molecule has 0 bridgehead atoms. The van der Waals surface area contributed by atoms with Crippen LogP contribution in [0.15, 0.2) is 18.3 Å². The third-order valence-electron chi connectivity index (χ3n) is 4.81. The standard InChI is InChI=1S/C17H14F5N7O/c1-7-9-11(23)25-13(26-12(9)27-15(7)30)10-8-3-2-5-24-14(8)29(28-10)6-4-16(18,19)17(20,21)22/h2-3,5,7H,4,6H2,1H3,(H3,23,25,26,27,30)/t7-/m1/s1. The fraction of sp³-hybridized carbons (Fsp3) is 0.353. The molecule has 3 N–H and O–H groups in total. The first-order valence-electron chi connectivity index (χ1n) is 8.74. The lowest BCUT2D eigenvalue weighted by Crippen LogP contribution is -2.37. The Kier molecular flexibility index (Phi) is 4.36. The Balaban J connectivity index is 1.76. The van der Waals surface area contributed by atoms with E-state index in [-0.39, 0.29) is 34.7 Å². The monoisotopic (exact) mass is 427 g/mol. The Morgan fingerprint density at radius 3 is 2.67 bits per heavy atom. The van der Waals surface area contributed by atoms with Gasteiger partial charge in [0.25, 0.3) is 0 Å². The van der Waals surface area contributed by atoms with E-state index in [1.807, 2.05) is 0 Å². The minimum absolute atomic E-state index is 0.0139. The maximum absolute atomic E-state index is 13.4. The summed E-state index contributed by atoms with van der Waals surface area (Å²) in [7, 11) is 0. The van der Waals surface area contributed by atoms with Gasteiger partial charge in [-0.15, -0.1) is 0 Å². The second kappa shape index (κ2) is 6.57. The summed E-state index contributed by atoms with van der Waals surface area (Å²) in [6, 6.07) is 3.10. The number of halogens is 5. The molecule has 3 aromatic heterocycles. The first-order chi connectivity index (χ1) is 14.0. The number of aryl methyl sites for hydroxylation is 1. The molecule has 4 heterocycles. The van der Waals surface area contributed by atoms with Crippen LogP contribution >= 0.6 is 0 Å². The summed E-state index contributed by atoms with van der Waals surface area (Å²) in [5.41, 5.74) is 6.57. The molecule has 1 aliphatic heterocycles. The highest BCUT2D eigenvalue weighted by Gasteiger charge is 2.56. The van der Waals surface area contributed by atoms with Crippen molar-refractivity contribution in [3.05, 3.63) is 23.9 Å². The van der Waals surface area contributed by atoms with Crippen LogP contribution in [-0.2, 0) is 11.3 Å². The quantitative estimate of drug-likeness (QED) is 0.619. The van der Waals surface area contributed by atoms with Crippen molar-refractivity contribution in [2.24, 2.45) is 0 Å². The van der Waals surface area contributed by atoms with Crippen molar-refractivity contribution in [2.45, 2.75) is 37.9 Å². The summed E-state index contributed by atoms with van der Waals surface area (Å²) in [6.07, 6.45) is -5.82. The molecule has 0 unspecified atom stereocenters. The van der Waals surface area contributed by atoms with E-state index in [4.69, 9.17) is 5.73 Å². The lowest BCUT2D eigenvalue weighted by Gasteiger charge is -2.19. The molecule has 8 nitrogen and oxygen atoms in total. The number of alkyl halides is 5. The van der Waals surface area contributed by atoms with Crippen molar-refractivity contribution in [1.29, 1.82) is 0 Å². The Morgan fingerprint density at radius 2 is 1.97 bits per heavy atom. The van der Waals surface area contributed by atoms with E-state index in [9.17, 15) is 26.7 Å². The molecule has 0 aromatic carbocycles. The lowest BCUT2D eigenvalue weighted by molar-refractivity contribution is -0.285. The Labute approximate surface area is 165 Å². The molecule has 0 fully saturated rings. The molecule has 0 radical (unpaired) electrons. The second-order valence-corrected chi connectivity index (χ2v) is 6.80. The van der Waals surface area contributed by atoms with Crippen molar-refractivity contribution >= 4 is 28.6 Å². The number of hydrogen-bond acceptors (Lipinski definition) is 6. The van der Waals surface area contributed by atoms with Gasteiger partial charge < -0.3 is 11.1 Å². The molecule has 4 rings (SSSR count). The summed E-state index contributed by atoms with van der Waals surface area (Å²) < 4.78 is 65.1. The minimum atomic E-state index is -5.67. The molecule has 1 amide bonds. The fourth-order valence-corrected chi connectivity index (χ4v) is 3.19. The number of anilines is 2. The predicted molar refractivity (Wildman–Crippen MR) is 95.6 cm³/mol. The molecule has 158 valence electrons. The zero-order valence-corrected chi connectivity index (χ0v) is 15.3. The van der Waals surface area contributed by atoms with Crippen molar-refractivity contribution in [1.82, 2.24) is 24.7 Å². The molecule has 0 spiro atoms. The van der Waals surface area contributed by atoms with Gasteiger partial charge in [-0.05, 0) is 19.1 Å². The number of hydrogen-bond donors (Lipinski definition) is 2. The highest BCUT2D eigenvalue weighted by Crippen LogP contribution is 2.39. The maximum atomic E-state index is 13.4. The number of pyridine rings is 1. The van der Waals surface area contributed by atoms with Crippen LogP contribution in [0.4, 0.5) is 33.6 Å². The van der Waals surface area contributed by atoms with Gasteiger partial charge in [0, 0.05) is 24.7 Å². The van der Waals surface area contributed by atoms with Crippen molar-refractivity contribution in [3.8, 4) is 11.5 Å². The number of nitrogens with zero attached hydrogens (tertiary/aromatic N) is 5. The predicted octanol–water partition coefficient (Wildman–Crippen LogP) is 3.11. The number of aromatic nitrogens is 5. The summed E-state index contributed by atoms with van der Waals surface area (Å²) in [4.78, 5) is 24.3. The van der Waals surface area contributed by atoms with Gasteiger partial charge in [0.1, 0.15) is 17.3 Å². The maximum Gasteiger partial charge on any atom is 0.453 e. The van der Waals surface area contributed by atoms with E-state index >= 15 is 0 Å². The third kappa shape index (κ3) is 3.09. The van der Waals surface area contributed by atoms with E-state index in [0.717, 1.165) is 4.68 Å². The second-order valence-electron chi connectivity index (χ2n) is 6.80. The van der Waals surface area contributed by atoms with Crippen molar-refractivity contribution < 1.29 is 26.7 Å². The smallest absolute Gasteiger partial charge is 0.383 e. The number of amides is 1. The molecular weight excluding hydrogens is 413 g/mol. The Bertz CT molecular complexity index is 1160. The molecular formula is C17H14F5N7O. The first kappa shape index (κ1) is 19.9.